The molecule has 2 fully saturated rings. The summed E-state index contributed by atoms with van der Waals surface area (Å²) >= 11 is 0. The van der Waals surface area contributed by atoms with Crippen molar-refractivity contribution < 1.29 is 28.8 Å². The Bertz CT molecular complexity index is 1200. The number of rotatable bonds is 6. The second kappa shape index (κ2) is 9.45. The zero-order valence-electron chi connectivity index (χ0n) is 18.8. The summed E-state index contributed by atoms with van der Waals surface area (Å²) in [5.41, 5.74) is 8.76. The molecular weight excluding hydrogens is 442 g/mol. The molecule has 2 aliphatic heterocycles. The van der Waals surface area contributed by atoms with E-state index in [1.165, 1.54) is 7.11 Å². The van der Waals surface area contributed by atoms with Gasteiger partial charge in [0.25, 0.3) is 0 Å². The molecule has 1 amide bonds. The lowest BCUT2D eigenvalue weighted by Crippen LogP contribution is -2.19. The van der Waals surface area contributed by atoms with E-state index in [-0.39, 0.29) is 6.04 Å². The van der Waals surface area contributed by atoms with Crippen molar-refractivity contribution in [1.29, 1.82) is 0 Å². The summed E-state index contributed by atoms with van der Waals surface area (Å²) in [6.07, 6.45) is 2.44. The predicted molar refractivity (Wildman–Crippen MR) is 124 cm³/mol. The monoisotopic (exact) mass is 469 g/mol. The quantitative estimate of drug-likeness (QED) is 0.496. The Hall–Kier alpha value is -3.41. The number of hydrogen-bond donors (Lipinski definition) is 3. The number of nitrogens with zero attached hydrogens (tertiary/aromatic N) is 3. The van der Waals surface area contributed by atoms with Crippen LogP contribution in [0.2, 0.25) is 0 Å². The van der Waals surface area contributed by atoms with Gasteiger partial charge >= 0.3 is 6.09 Å². The lowest BCUT2D eigenvalue weighted by atomic mass is 10.0. The number of anilines is 2. The van der Waals surface area contributed by atoms with Crippen LogP contribution in [-0.4, -0.2) is 65.6 Å². The van der Waals surface area contributed by atoms with E-state index >= 15 is 0 Å². The topological polar surface area (TPSA) is 143 Å². The molecular formula is C23H27N5O6. The van der Waals surface area contributed by atoms with Gasteiger partial charge in [-0.05, 0) is 31.0 Å². The molecule has 5 rings (SSSR count). The SMILES string of the molecule is COc1c(NC(=O)O)ccc(-c2nc(N)c3ccn(C4CCOCC4)c3n2)c1CC1OCCO1. The molecule has 2 aliphatic rings. The number of fused-ring (bicyclic) bond motifs is 1. The van der Waals surface area contributed by atoms with E-state index in [1.54, 1.807) is 12.1 Å². The fourth-order valence-electron chi connectivity index (χ4n) is 4.61. The zero-order chi connectivity index (χ0) is 23.7. The van der Waals surface area contributed by atoms with Crippen LogP contribution in [-0.2, 0) is 20.6 Å². The third-order valence-electron chi connectivity index (χ3n) is 6.19. The van der Waals surface area contributed by atoms with Crippen molar-refractivity contribution >= 4 is 28.6 Å². The summed E-state index contributed by atoms with van der Waals surface area (Å²) in [6.45, 7) is 2.39. The molecule has 0 atom stereocenters. The molecule has 2 saturated heterocycles. The Labute approximate surface area is 195 Å². The maximum Gasteiger partial charge on any atom is 0.409 e. The molecule has 180 valence electrons. The minimum atomic E-state index is -1.19. The fourth-order valence-corrected chi connectivity index (χ4v) is 4.61. The van der Waals surface area contributed by atoms with Gasteiger partial charge in [0.2, 0.25) is 0 Å². The van der Waals surface area contributed by atoms with Crippen LogP contribution in [0.1, 0.15) is 24.4 Å². The van der Waals surface area contributed by atoms with Crippen molar-refractivity contribution in [3.05, 3.63) is 30.0 Å². The number of carbonyl (C=O) groups is 1. The number of nitrogens with one attached hydrogen (secondary N) is 1. The Morgan fingerprint density at radius 1 is 1.21 bits per heavy atom. The zero-order valence-corrected chi connectivity index (χ0v) is 18.8. The van der Waals surface area contributed by atoms with E-state index < -0.39 is 12.4 Å². The van der Waals surface area contributed by atoms with Crippen LogP contribution in [0.4, 0.5) is 16.3 Å². The van der Waals surface area contributed by atoms with Gasteiger partial charge in [-0.3, -0.25) is 5.32 Å². The molecule has 0 bridgehead atoms. The molecule has 0 radical (unpaired) electrons. The van der Waals surface area contributed by atoms with Crippen molar-refractivity contribution in [1.82, 2.24) is 14.5 Å². The summed E-state index contributed by atoms with van der Waals surface area (Å²) in [5.74, 6) is 1.16. The number of methoxy groups -OCH3 is 1. The number of nitrogen functional groups attached to an aromatic ring is 1. The standard InChI is InChI=1S/C23H27N5O6/c1-31-19-16(12-18-33-10-11-34-18)14(2-3-17(19)25-23(29)30)21-26-20(24)15-4-7-28(22(15)27-21)13-5-8-32-9-6-13/h2-4,7,13,18,25H,5-6,8-12H2,1H3,(H,29,30)(H2,24,26,27). The van der Waals surface area contributed by atoms with Crippen molar-refractivity contribution in [2.45, 2.75) is 31.6 Å². The average Bonchev–Trinajstić information content (AvgIpc) is 3.50. The molecule has 3 aromatic rings. The molecule has 0 saturated carbocycles. The van der Waals surface area contributed by atoms with Gasteiger partial charge in [-0.15, -0.1) is 0 Å². The second-order valence-corrected chi connectivity index (χ2v) is 8.21. The van der Waals surface area contributed by atoms with E-state index in [2.05, 4.69) is 14.9 Å². The third-order valence-corrected chi connectivity index (χ3v) is 6.19. The third kappa shape index (κ3) is 4.25. The van der Waals surface area contributed by atoms with Crippen molar-refractivity contribution in [2.75, 3.05) is 44.6 Å². The number of hydrogen-bond acceptors (Lipinski definition) is 8. The van der Waals surface area contributed by atoms with E-state index in [1.807, 2.05) is 12.3 Å². The van der Waals surface area contributed by atoms with Crippen molar-refractivity contribution in [2.24, 2.45) is 0 Å². The summed E-state index contributed by atoms with van der Waals surface area (Å²) in [5, 5.41) is 12.4. The first-order chi connectivity index (χ1) is 16.5. The maximum atomic E-state index is 11.3. The van der Waals surface area contributed by atoms with Crippen LogP contribution in [0.5, 0.6) is 5.75 Å². The van der Waals surface area contributed by atoms with Crippen molar-refractivity contribution in [3.8, 4) is 17.1 Å². The maximum absolute atomic E-state index is 11.3. The summed E-state index contributed by atoms with van der Waals surface area (Å²) < 4.78 is 24.6. The highest BCUT2D eigenvalue weighted by atomic mass is 16.7. The Kier molecular flexibility index (Phi) is 6.22. The van der Waals surface area contributed by atoms with Crippen LogP contribution in [0.15, 0.2) is 24.4 Å². The molecule has 0 spiro atoms. The lowest BCUT2D eigenvalue weighted by Gasteiger charge is -2.24. The number of ether oxygens (including phenoxy) is 4. The van der Waals surface area contributed by atoms with Crippen LogP contribution in [0.3, 0.4) is 0 Å². The minimum absolute atomic E-state index is 0.268. The summed E-state index contributed by atoms with van der Waals surface area (Å²) in [4.78, 5) is 20.8. The Balaban J connectivity index is 1.64. The van der Waals surface area contributed by atoms with Crippen molar-refractivity contribution in [3.63, 3.8) is 0 Å². The van der Waals surface area contributed by atoms with E-state index in [0.717, 1.165) is 23.9 Å². The van der Waals surface area contributed by atoms with Gasteiger partial charge < -0.3 is 34.4 Å². The molecule has 2 aromatic heterocycles. The number of amides is 1. The summed E-state index contributed by atoms with van der Waals surface area (Å²) in [6, 6.07) is 5.60. The highest BCUT2D eigenvalue weighted by Gasteiger charge is 2.26. The lowest BCUT2D eigenvalue weighted by molar-refractivity contribution is -0.0401. The molecule has 34 heavy (non-hydrogen) atoms. The Morgan fingerprint density at radius 2 is 1.97 bits per heavy atom. The molecule has 11 nitrogen and oxygen atoms in total. The minimum Gasteiger partial charge on any atom is -0.494 e. The smallest absolute Gasteiger partial charge is 0.409 e. The highest BCUT2D eigenvalue weighted by Crippen LogP contribution is 2.39. The van der Waals surface area contributed by atoms with Gasteiger partial charge in [0, 0.05) is 43.0 Å². The largest absolute Gasteiger partial charge is 0.494 e. The molecule has 0 unspecified atom stereocenters. The van der Waals surface area contributed by atoms with Crippen LogP contribution >= 0.6 is 0 Å². The van der Waals surface area contributed by atoms with Gasteiger partial charge in [-0.1, -0.05) is 0 Å². The molecule has 1 aromatic carbocycles. The molecule has 4 N–H and O–H groups in total. The fraction of sp³-hybridized carbons (Fsp3) is 0.435. The number of benzene rings is 1. The van der Waals surface area contributed by atoms with Gasteiger partial charge in [-0.2, -0.15) is 0 Å². The number of nitrogens with two attached hydrogens (primary N) is 1. The van der Waals surface area contributed by atoms with Gasteiger partial charge in [-0.25, -0.2) is 14.8 Å². The first-order valence-corrected chi connectivity index (χ1v) is 11.2. The van der Waals surface area contributed by atoms with Gasteiger partial charge in [0.05, 0.1) is 31.4 Å². The normalized spacial score (nSPS) is 17.3. The van der Waals surface area contributed by atoms with Gasteiger partial charge in [0.1, 0.15) is 17.2 Å². The molecule has 11 heteroatoms. The van der Waals surface area contributed by atoms with Crippen LogP contribution < -0.4 is 15.8 Å². The van der Waals surface area contributed by atoms with E-state index in [4.69, 9.17) is 29.7 Å². The van der Waals surface area contributed by atoms with Crippen LogP contribution in [0, 0.1) is 0 Å². The van der Waals surface area contributed by atoms with E-state index in [0.29, 0.717) is 67.1 Å². The highest BCUT2D eigenvalue weighted by molar-refractivity contribution is 5.90. The Morgan fingerprint density at radius 3 is 2.68 bits per heavy atom. The van der Waals surface area contributed by atoms with E-state index in [9.17, 15) is 9.90 Å². The van der Waals surface area contributed by atoms with Crippen LogP contribution in [0.25, 0.3) is 22.4 Å². The molecule has 4 heterocycles. The average molecular weight is 469 g/mol. The number of aromatic nitrogens is 3. The molecule has 0 aliphatic carbocycles. The predicted octanol–water partition coefficient (Wildman–Crippen LogP) is 3.05. The first kappa shape index (κ1) is 22.4. The van der Waals surface area contributed by atoms with Gasteiger partial charge in [0.15, 0.2) is 12.1 Å². The number of carboxylic acid groups (broad SMARTS) is 1. The summed E-state index contributed by atoms with van der Waals surface area (Å²) in [7, 11) is 1.49. The second-order valence-electron chi connectivity index (χ2n) is 8.21. The first-order valence-electron chi connectivity index (χ1n) is 11.2.